The maximum Gasteiger partial charge on any atom is 0.488 e. The third kappa shape index (κ3) is 10.2. The summed E-state index contributed by atoms with van der Waals surface area (Å²) in [4.78, 5) is 4.44. The third-order valence-corrected chi connectivity index (χ3v) is 9.14. The summed E-state index contributed by atoms with van der Waals surface area (Å²) in [5, 5.41) is 17.6. The molecule has 0 spiro atoms. The molecule has 6 heteroatoms. The van der Waals surface area contributed by atoms with Crippen LogP contribution < -0.4 is 5.46 Å². The minimum atomic E-state index is -1.35. The SMILES string of the molecule is Brc1ccc[se]1.CCCc1ccc(-c2ccc[se]2)cc1.CCCc1ccc(B(O)O)cc1. The van der Waals surface area contributed by atoms with Crippen LogP contribution in [0.5, 0.6) is 0 Å². The van der Waals surface area contributed by atoms with E-state index >= 15 is 0 Å². The van der Waals surface area contributed by atoms with Gasteiger partial charge in [-0.25, -0.2) is 0 Å². The minimum absolute atomic E-state index is 0.551. The molecule has 0 saturated heterocycles. The van der Waals surface area contributed by atoms with Gasteiger partial charge in [0, 0.05) is 0 Å². The summed E-state index contributed by atoms with van der Waals surface area (Å²) < 4.78 is 2.84. The zero-order chi connectivity index (χ0) is 23.2. The third-order valence-electron chi connectivity index (χ3n) is 4.60. The summed E-state index contributed by atoms with van der Waals surface area (Å²) >= 11 is 4.55. The first kappa shape index (κ1) is 27.2. The second-order valence-electron chi connectivity index (χ2n) is 7.21. The van der Waals surface area contributed by atoms with E-state index < -0.39 is 7.12 Å². The van der Waals surface area contributed by atoms with Crippen molar-refractivity contribution in [2.24, 2.45) is 0 Å². The van der Waals surface area contributed by atoms with Crippen LogP contribution in [0.3, 0.4) is 0 Å². The maximum absolute atomic E-state index is 8.80. The fourth-order valence-corrected chi connectivity index (χ4v) is 6.15. The second-order valence-corrected chi connectivity index (χ2v) is 13.2. The molecular weight excluding hydrogens is 593 g/mol. The van der Waals surface area contributed by atoms with Gasteiger partial charge < -0.3 is 10.0 Å². The molecule has 0 aliphatic carbocycles. The molecule has 0 fully saturated rings. The van der Waals surface area contributed by atoms with Gasteiger partial charge in [0.15, 0.2) is 0 Å². The summed E-state index contributed by atoms with van der Waals surface area (Å²) in [5.41, 5.74) is 4.64. The van der Waals surface area contributed by atoms with Crippen molar-refractivity contribution >= 4 is 57.5 Å². The number of hydrogen-bond donors (Lipinski definition) is 2. The normalized spacial score (nSPS) is 9.91. The first-order chi connectivity index (χ1) is 15.5. The van der Waals surface area contributed by atoms with Crippen LogP contribution in [-0.2, 0) is 12.8 Å². The molecule has 32 heavy (non-hydrogen) atoms. The van der Waals surface area contributed by atoms with Crippen molar-refractivity contribution in [3.8, 4) is 10.0 Å². The van der Waals surface area contributed by atoms with Gasteiger partial charge in [-0.15, -0.1) is 0 Å². The van der Waals surface area contributed by atoms with Gasteiger partial charge in [0.05, 0.1) is 0 Å². The number of rotatable bonds is 6. The van der Waals surface area contributed by atoms with Crippen molar-refractivity contribution in [1.29, 1.82) is 0 Å². The molecule has 2 aromatic heterocycles. The van der Waals surface area contributed by atoms with Crippen molar-refractivity contribution in [2.75, 3.05) is 0 Å². The predicted octanol–water partition coefficient (Wildman–Crippen LogP) is 5.19. The van der Waals surface area contributed by atoms with Crippen molar-refractivity contribution in [3.63, 3.8) is 0 Å². The molecule has 4 rings (SSSR count). The van der Waals surface area contributed by atoms with Crippen molar-refractivity contribution in [2.45, 2.75) is 39.5 Å². The van der Waals surface area contributed by atoms with Gasteiger partial charge in [-0.3, -0.25) is 0 Å². The standard InChI is InChI=1S/C13H14Se.C9H13BO2.C4H3BrSe/c1-2-4-11-6-8-12(9-7-11)13-5-3-10-14-13;1-2-3-8-4-6-9(7-5-8)10(11)12;5-4-2-1-3-6-4/h3,5-10H,2,4H2,1H3;4-7,11-12H,2-3H2,1H3;1-3H. The topological polar surface area (TPSA) is 40.5 Å². The molecule has 0 radical (unpaired) electrons. The summed E-state index contributed by atoms with van der Waals surface area (Å²) in [6, 6.07) is 24.9. The van der Waals surface area contributed by atoms with Gasteiger partial charge in [0.2, 0.25) is 0 Å². The van der Waals surface area contributed by atoms with E-state index in [1.165, 1.54) is 37.3 Å². The number of hydrogen-bond acceptors (Lipinski definition) is 2. The molecule has 0 saturated carbocycles. The molecule has 0 amide bonds. The Labute approximate surface area is 213 Å². The van der Waals surface area contributed by atoms with E-state index in [1.54, 1.807) is 12.1 Å². The molecule has 2 N–H and O–H groups in total. The number of benzene rings is 2. The van der Waals surface area contributed by atoms with E-state index in [2.05, 4.69) is 88.2 Å². The Morgan fingerprint density at radius 3 is 1.62 bits per heavy atom. The molecule has 0 aliphatic rings. The number of aryl methyl sites for hydroxylation is 2. The Morgan fingerprint density at radius 1 is 0.719 bits per heavy atom. The predicted molar refractivity (Wildman–Crippen MR) is 144 cm³/mol. The maximum atomic E-state index is 8.80. The quantitative estimate of drug-likeness (QED) is 0.291. The van der Waals surface area contributed by atoms with E-state index in [0.29, 0.717) is 34.5 Å². The summed E-state index contributed by atoms with van der Waals surface area (Å²) in [7, 11) is -1.35. The molecule has 0 bridgehead atoms. The average molecular weight is 623 g/mol. The Kier molecular flexibility index (Phi) is 13.3. The van der Waals surface area contributed by atoms with Crippen LogP contribution in [0, 0.1) is 0 Å². The van der Waals surface area contributed by atoms with Crippen LogP contribution in [-0.4, -0.2) is 46.2 Å². The monoisotopic (exact) mass is 624 g/mol. The molecule has 168 valence electrons. The molecular formula is C26H30BBrO2Se2. The summed E-state index contributed by atoms with van der Waals surface area (Å²) in [6.07, 6.45) is 4.58. The van der Waals surface area contributed by atoms with Gasteiger partial charge in [0.25, 0.3) is 0 Å². The minimum Gasteiger partial charge on any atom is -0.423 e. The average Bonchev–Trinajstić information content (AvgIpc) is 3.50. The van der Waals surface area contributed by atoms with E-state index in [-0.39, 0.29) is 0 Å². The second kappa shape index (κ2) is 15.7. The molecule has 4 aromatic rings. The largest absolute Gasteiger partial charge is 0.488 e. The fourth-order valence-electron chi connectivity index (χ4n) is 2.97. The number of halogens is 1. The van der Waals surface area contributed by atoms with Crippen molar-refractivity contribution < 1.29 is 10.0 Å². The Hall–Kier alpha value is -1.10. The van der Waals surface area contributed by atoms with Crippen LogP contribution in [0.1, 0.15) is 37.8 Å². The molecule has 0 aliphatic heterocycles. The van der Waals surface area contributed by atoms with Crippen molar-refractivity contribution in [3.05, 3.63) is 97.2 Å². The van der Waals surface area contributed by atoms with Crippen LogP contribution in [0.25, 0.3) is 10.0 Å². The Balaban J connectivity index is 0.000000183. The first-order valence-corrected chi connectivity index (χ1v) is 15.3. The summed E-state index contributed by atoms with van der Waals surface area (Å²) in [5.74, 6) is 0. The molecule has 2 heterocycles. The van der Waals surface area contributed by atoms with E-state index in [9.17, 15) is 0 Å². The van der Waals surface area contributed by atoms with Crippen LogP contribution in [0.15, 0.2) is 86.0 Å². The van der Waals surface area contributed by atoms with E-state index in [4.69, 9.17) is 10.0 Å². The van der Waals surface area contributed by atoms with Crippen LogP contribution in [0.2, 0.25) is 0 Å². The van der Waals surface area contributed by atoms with Crippen molar-refractivity contribution in [1.82, 2.24) is 0 Å². The molecule has 2 aromatic carbocycles. The fraction of sp³-hybridized carbons (Fsp3) is 0.231. The van der Waals surface area contributed by atoms with Gasteiger partial charge in [-0.1, -0.05) is 37.6 Å². The molecule has 2 nitrogen and oxygen atoms in total. The smallest absolute Gasteiger partial charge is 0.423 e. The van der Waals surface area contributed by atoms with Gasteiger partial charge >= 0.3 is 149 Å². The van der Waals surface area contributed by atoms with Crippen LogP contribution in [0.4, 0.5) is 0 Å². The van der Waals surface area contributed by atoms with E-state index in [1.807, 2.05) is 12.1 Å². The Bertz CT molecular complexity index is 968. The Morgan fingerprint density at radius 2 is 1.25 bits per heavy atom. The van der Waals surface area contributed by atoms with Gasteiger partial charge in [-0.05, 0) is 17.4 Å². The zero-order valence-electron chi connectivity index (χ0n) is 18.6. The molecule has 0 atom stereocenters. The zero-order valence-corrected chi connectivity index (χ0v) is 23.6. The molecule has 0 unspecified atom stereocenters. The summed E-state index contributed by atoms with van der Waals surface area (Å²) in [6.45, 7) is 4.34. The van der Waals surface area contributed by atoms with Crippen LogP contribution >= 0.6 is 15.9 Å². The van der Waals surface area contributed by atoms with Gasteiger partial charge in [0.1, 0.15) is 0 Å². The van der Waals surface area contributed by atoms with E-state index in [0.717, 1.165) is 12.8 Å². The first-order valence-electron chi connectivity index (χ1n) is 10.8. The van der Waals surface area contributed by atoms with Gasteiger partial charge in [-0.2, -0.15) is 0 Å².